The highest BCUT2D eigenvalue weighted by Gasteiger charge is 2.40. The fourth-order valence-electron chi connectivity index (χ4n) is 3.22. The lowest BCUT2D eigenvalue weighted by molar-refractivity contribution is -0.149. The van der Waals surface area contributed by atoms with Crippen LogP contribution in [0.25, 0.3) is 0 Å². The van der Waals surface area contributed by atoms with E-state index in [1.165, 1.54) is 32.8 Å². The maximum atomic E-state index is 12.1. The molecule has 0 aromatic rings. The highest BCUT2D eigenvalue weighted by molar-refractivity contribution is 5.80. The predicted molar refractivity (Wildman–Crippen MR) is 78.6 cm³/mol. The van der Waals surface area contributed by atoms with Gasteiger partial charge in [0.25, 0.3) is 0 Å². The van der Waals surface area contributed by atoms with Gasteiger partial charge in [-0.3, -0.25) is 10.1 Å². The fourth-order valence-corrected chi connectivity index (χ4v) is 3.22. The maximum Gasteiger partial charge on any atom is 0.325 e. The van der Waals surface area contributed by atoms with Gasteiger partial charge in [0.05, 0.1) is 13.2 Å². The summed E-state index contributed by atoms with van der Waals surface area (Å²) in [6, 6.07) is 0.473. The fraction of sp³-hybridized carbons (Fsp3) is 0.938. The molecule has 2 atom stereocenters. The number of hydrogen-bond acceptors (Lipinski definition) is 4. The second kappa shape index (κ2) is 6.90. The van der Waals surface area contributed by atoms with Gasteiger partial charge in [-0.05, 0) is 45.4 Å². The van der Waals surface area contributed by atoms with Crippen molar-refractivity contribution in [3.05, 3.63) is 0 Å². The molecule has 1 N–H and O–H groups in total. The Balaban J connectivity index is 1.80. The summed E-state index contributed by atoms with van der Waals surface area (Å²) in [5, 5.41) is 3.42. The molecule has 0 aromatic carbocycles. The van der Waals surface area contributed by atoms with E-state index in [0.717, 1.165) is 25.4 Å². The third kappa shape index (κ3) is 4.45. The molecule has 2 aliphatic rings. The second-order valence-electron chi connectivity index (χ2n) is 6.74. The maximum absolute atomic E-state index is 12.1. The van der Waals surface area contributed by atoms with E-state index in [0.29, 0.717) is 12.5 Å². The number of hydrogen-bond donors (Lipinski definition) is 1. The first-order chi connectivity index (χ1) is 9.53. The van der Waals surface area contributed by atoms with E-state index >= 15 is 0 Å². The van der Waals surface area contributed by atoms with Crippen LogP contribution in [0, 0.1) is 5.92 Å². The number of carbonyl (C=O) groups is 1. The molecule has 0 saturated heterocycles. The summed E-state index contributed by atoms with van der Waals surface area (Å²) in [6.45, 7) is 4.83. The largest absolute Gasteiger partial charge is 0.468 e. The molecule has 0 aliphatic heterocycles. The summed E-state index contributed by atoms with van der Waals surface area (Å²) in [5.74, 6) is 0.541. The lowest BCUT2D eigenvalue weighted by Gasteiger charge is -2.31. The monoisotopic (exact) mass is 283 g/mol. The van der Waals surface area contributed by atoms with Crippen molar-refractivity contribution in [2.24, 2.45) is 5.92 Å². The summed E-state index contributed by atoms with van der Waals surface area (Å²) in [4.78, 5) is 12.1. The van der Waals surface area contributed by atoms with Gasteiger partial charge in [-0.15, -0.1) is 0 Å². The normalized spacial score (nSPS) is 24.4. The van der Waals surface area contributed by atoms with Gasteiger partial charge in [0.2, 0.25) is 0 Å². The SMILES string of the molecule is COC(=O)C(C)(CC(C)OCC1CCCC1)NC1CC1. The molecule has 0 aromatic heterocycles. The van der Waals surface area contributed by atoms with Gasteiger partial charge < -0.3 is 9.47 Å². The Hall–Kier alpha value is -0.610. The summed E-state index contributed by atoms with van der Waals surface area (Å²) < 4.78 is 10.9. The number of nitrogens with one attached hydrogen (secondary N) is 1. The zero-order valence-corrected chi connectivity index (χ0v) is 13.1. The van der Waals surface area contributed by atoms with Gasteiger partial charge in [0, 0.05) is 19.1 Å². The third-order valence-corrected chi connectivity index (χ3v) is 4.52. The van der Waals surface area contributed by atoms with Crippen LogP contribution in [0.2, 0.25) is 0 Å². The van der Waals surface area contributed by atoms with Gasteiger partial charge in [0.1, 0.15) is 5.54 Å². The van der Waals surface area contributed by atoms with E-state index in [1.54, 1.807) is 0 Å². The van der Waals surface area contributed by atoms with Crippen molar-refractivity contribution >= 4 is 5.97 Å². The molecule has 0 radical (unpaired) electrons. The van der Waals surface area contributed by atoms with Crippen LogP contribution in [-0.4, -0.2) is 37.4 Å². The van der Waals surface area contributed by atoms with Crippen LogP contribution in [0.4, 0.5) is 0 Å². The van der Waals surface area contributed by atoms with Crippen molar-refractivity contribution in [1.82, 2.24) is 5.32 Å². The molecule has 2 rings (SSSR count). The average molecular weight is 283 g/mol. The van der Waals surface area contributed by atoms with E-state index in [9.17, 15) is 4.79 Å². The summed E-state index contributed by atoms with van der Waals surface area (Å²) >= 11 is 0. The summed E-state index contributed by atoms with van der Waals surface area (Å²) in [6.07, 6.45) is 8.32. The van der Waals surface area contributed by atoms with Crippen LogP contribution in [0.15, 0.2) is 0 Å². The van der Waals surface area contributed by atoms with Crippen LogP contribution >= 0.6 is 0 Å². The molecular weight excluding hydrogens is 254 g/mol. The second-order valence-corrected chi connectivity index (χ2v) is 6.74. The summed E-state index contributed by atoms with van der Waals surface area (Å²) in [7, 11) is 1.46. The Labute approximate surface area is 122 Å². The lowest BCUT2D eigenvalue weighted by atomic mass is 9.94. The highest BCUT2D eigenvalue weighted by atomic mass is 16.5. The van der Waals surface area contributed by atoms with Crippen LogP contribution in [0.5, 0.6) is 0 Å². The first-order valence-electron chi connectivity index (χ1n) is 8.01. The minimum atomic E-state index is -0.620. The van der Waals surface area contributed by atoms with Gasteiger partial charge in [0.15, 0.2) is 0 Å². The standard InChI is InChI=1S/C16H29NO3/c1-12(20-11-13-6-4-5-7-13)10-16(2,15(18)19-3)17-14-8-9-14/h12-14,17H,4-11H2,1-3H3. The first kappa shape index (κ1) is 15.8. The zero-order valence-electron chi connectivity index (χ0n) is 13.1. The molecule has 2 unspecified atom stereocenters. The molecule has 2 aliphatic carbocycles. The highest BCUT2D eigenvalue weighted by Crippen LogP contribution is 2.28. The Morgan fingerprint density at radius 1 is 1.30 bits per heavy atom. The number of esters is 1. The molecule has 0 spiro atoms. The molecule has 2 fully saturated rings. The molecule has 2 saturated carbocycles. The Bertz CT molecular complexity index is 324. The number of carbonyl (C=O) groups excluding carboxylic acids is 1. The third-order valence-electron chi connectivity index (χ3n) is 4.52. The quantitative estimate of drug-likeness (QED) is 0.696. The van der Waals surface area contributed by atoms with Crippen LogP contribution in [0.1, 0.15) is 58.8 Å². The first-order valence-corrected chi connectivity index (χ1v) is 8.01. The van der Waals surface area contributed by atoms with Crippen LogP contribution < -0.4 is 5.32 Å². The van der Waals surface area contributed by atoms with Crippen molar-refractivity contribution in [3.8, 4) is 0 Å². The molecule has 4 nitrogen and oxygen atoms in total. The molecule has 0 bridgehead atoms. The molecular formula is C16H29NO3. The van der Waals surface area contributed by atoms with Crippen molar-refractivity contribution in [2.75, 3.05) is 13.7 Å². The van der Waals surface area contributed by atoms with E-state index in [1.807, 2.05) is 6.92 Å². The number of rotatable bonds is 8. The van der Waals surface area contributed by atoms with Crippen LogP contribution in [-0.2, 0) is 14.3 Å². The molecule has 20 heavy (non-hydrogen) atoms. The molecule has 0 amide bonds. The van der Waals surface area contributed by atoms with Crippen molar-refractivity contribution in [3.63, 3.8) is 0 Å². The van der Waals surface area contributed by atoms with Gasteiger partial charge in [-0.2, -0.15) is 0 Å². The van der Waals surface area contributed by atoms with Crippen molar-refractivity contribution in [2.45, 2.75) is 76.5 Å². The topological polar surface area (TPSA) is 47.6 Å². The van der Waals surface area contributed by atoms with Crippen LogP contribution in [0.3, 0.4) is 0 Å². The van der Waals surface area contributed by atoms with Gasteiger partial charge in [-0.25, -0.2) is 0 Å². The Morgan fingerprint density at radius 2 is 1.95 bits per heavy atom. The van der Waals surface area contributed by atoms with E-state index in [-0.39, 0.29) is 12.1 Å². The van der Waals surface area contributed by atoms with Crippen molar-refractivity contribution in [1.29, 1.82) is 0 Å². The predicted octanol–water partition coefficient (Wildman–Crippen LogP) is 2.66. The average Bonchev–Trinajstić information content (AvgIpc) is 3.07. The molecule has 4 heteroatoms. The van der Waals surface area contributed by atoms with Gasteiger partial charge in [-0.1, -0.05) is 12.8 Å². The minimum absolute atomic E-state index is 0.0750. The lowest BCUT2D eigenvalue weighted by Crippen LogP contribution is -2.53. The number of methoxy groups -OCH3 is 1. The molecule has 116 valence electrons. The number of ether oxygens (including phenoxy) is 2. The van der Waals surface area contributed by atoms with Gasteiger partial charge >= 0.3 is 5.97 Å². The zero-order chi connectivity index (χ0) is 14.6. The Kier molecular flexibility index (Phi) is 5.44. The van der Waals surface area contributed by atoms with E-state index in [2.05, 4.69) is 12.2 Å². The van der Waals surface area contributed by atoms with E-state index in [4.69, 9.17) is 9.47 Å². The smallest absolute Gasteiger partial charge is 0.325 e. The summed E-state index contributed by atoms with van der Waals surface area (Å²) in [5.41, 5.74) is -0.620. The van der Waals surface area contributed by atoms with Crippen molar-refractivity contribution < 1.29 is 14.3 Å². The molecule has 0 heterocycles. The van der Waals surface area contributed by atoms with E-state index < -0.39 is 5.54 Å². The Morgan fingerprint density at radius 3 is 2.50 bits per heavy atom. The minimum Gasteiger partial charge on any atom is -0.468 e.